The molecule has 3 aromatic rings. The highest BCUT2D eigenvalue weighted by atomic mass is 19.1. The Balaban J connectivity index is 1.49. The molecule has 8 nitrogen and oxygen atoms in total. The largest absolute Gasteiger partial charge is 0.497 e. The summed E-state index contributed by atoms with van der Waals surface area (Å²) in [5.41, 5.74) is 3.12. The van der Waals surface area contributed by atoms with E-state index in [9.17, 15) is 14.0 Å². The van der Waals surface area contributed by atoms with Crippen LogP contribution in [0, 0.1) is 5.82 Å². The fraction of sp³-hybridized carbons (Fsp3) is 0.407. The van der Waals surface area contributed by atoms with Crippen LogP contribution in [0.4, 0.5) is 14.9 Å². The van der Waals surface area contributed by atoms with Crippen molar-refractivity contribution in [3.05, 3.63) is 59.5 Å². The number of carbonyl (C=O) groups excluding carboxylic acids is 2. The lowest BCUT2D eigenvalue weighted by atomic mass is 9.68. The number of benzene rings is 2. The maximum atomic E-state index is 14.1. The highest BCUT2D eigenvalue weighted by molar-refractivity contribution is 5.90. The number of H-pyrrole nitrogens is 1. The van der Waals surface area contributed by atoms with Crippen LogP contribution in [-0.4, -0.2) is 67.1 Å². The minimum absolute atomic E-state index is 0.0243. The second kappa shape index (κ2) is 9.46. The Bertz CT molecular complexity index is 1300. The summed E-state index contributed by atoms with van der Waals surface area (Å²) in [7, 11) is 3.54. The first-order chi connectivity index (χ1) is 17.4. The van der Waals surface area contributed by atoms with Crippen LogP contribution in [0.25, 0.3) is 10.9 Å². The molecule has 0 radical (unpaired) electrons. The summed E-state index contributed by atoms with van der Waals surface area (Å²) in [6.45, 7) is 3.84. The van der Waals surface area contributed by atoms with Crippen molar-refractivity contribution in [2.24, 2.45) is 0 Å². The molecule has 1 aromatic heterocycles. The van der Waals surface area contributed by atoms with Crippen molar-refractivity contribution < 1.29 is 18.7 Å². The molecule has 1 saturated heterocycles. The molecule has 1 spiro atoms. The minimum atomic E-state index is -0.460. The summed E-state index contributed by atoms with van der Waals surface area (Å²) in [6, 6.07) is 11.8. The van der Waals surface area contributed by atoms with Crippen LogP contribution in [0.1, 0.15) is 37.1 Å². The Hall–Kier alpha value is -3.59. The van der Waals surface area contributed by atoms with Gasteiger partial charge in [-0.3, -0.25) is 4.79 Å². The zero-order valence-corrected chi connectivity index (χ0v) is 20.9. The molecule has 3 amide bonds. The number of rotatable bonds is 4. The van der Waals surface area contributed by atoms with Crippen molar-refractivity contribution >= 4 is 28.5 Å². The first-order valence-electron chi connectivity index (χ1n) is 12.3. The fourth-order valence-corrected chi connectivity index (χ4v) is 5.86. The van der Waals surface area contributed by atoms with Crippen LogP contribution in [0.3, 0.4) is 0 Å². The SMILES string of the molecule is CNC[C@H]1c2[nH]c3cc(OC)ccc3c2C2(CCN(C(=O)Nc3ccccc3F)CC2)CN1C(C)=O. The average molecular weight is 494 g/mol. The quantitative estimate of drug-likeness (QED) is 0.513. The molecule has 2 aliphatic heterocycles. The fourth-order valence-electron chi connectivity index (χ4n) is 5.86. The number of piperidine rings is 1. The average Bonchev–Trinajstić information content (AvgIpc) is 3.27. The number of carbonyl (C=O) groups is 2. The molecule has 0 saturated carbocycles. The Labute approximate surface area is 209 Å². The number of likely N-dealkylation sites (N-methyl/N-ethyl adjacent to an activating group) is 1. The maximum Gasteiger partial charge on any atom is 0.321 e. The maximum absolute atomic E-state index is 14.1. The normalized spacial score (nSPS) is 18.8. The Morgan fingerprint density at radius 3 is 2.61 bits per heavy atom. The number of fused-ring (bicyclic) bond motifs is 4. The third kappa shape index (κ3) is 4.07. The van der Waals surface area contributed by atoms with Crippen LogP contribution in [-0.2, 0) is 10.2 Å². The van der Waals surface area contributed by atoms with E-state index in [2.05, 4.69) is 21.7 Å². The molecule has 0 bridgehead atoms. The number of likely N-dealkylation sites (tertiary alicyclic amines) is 1. The third-order valence-electron chi connectivity index (χ3n) is 7.67. The first kappa shape index (κ1) is 24.1. The van der Waals surface area contributed by atoms with Crippen LogP contribution in [0.2, 0.25) is 0 Å². The number of amides is 3. The number of ether oxygens (including phenoxy) is 1. The number of nitrogens with one attached hydrogen (secondary N) is 3. The molecule has 3 N–H and O–H groups in total. The van der Waals surface area contributed by atoms with Gasteiger partial charge in [-0.25, -0.2) is 9.18 Å². The van der Waals surface area contributed by atoms with E-state index in [0.717, 1.165) is 22.3 Å². The molecule has 2 aliphatic rings. The number of aromatic nitrogens is 1. The number of methoxy groups -OCH3 is 1. The molecule has 36 heavy (non-hydrogen) atoms. The predicted octanol–water partition coefficient (Wildman–Crippen LogP) is 4.00. The topological polar surface area (TPSA) is 89.7 Å². The van der Waals surface area contributed by atoms with E-state index in [1.54, 1.807) is 37.1 Å². The van der Waals surface area contributed by atoms with E-state index in [4.69, 9.17) is 4.74 Å². The van der Waals surface area contributed by atoms with Crippen molar-refractivity contribution in [1.82, 2.24) is 20.1 Å². The summed E-state index contributed by atoms with van der Waals surface area (Å²) in [6.07, 6.45) is 1.39. The number of urea groups is 1. The van der Waals surface area contributed by atoms with Gasteiger partial charge in [0.15, 0.2) is 0 Å². The Kier molecular flexibility index (Phi) is 6.34. The molecule has 5 rings (SSSR count). The van der Waals surface area contributed by atoms with Gasteiger partial charge in [0, 0.05) is 61.2 Å². The van der Waals surface area contributed by atoms with E-state index in [-0.39, 0.29) is 29.1 Å². The van der Waals surface area contributed by atoms with Gasteiger partial charge in [-0.1, -0.05) is 12.1 Å². The first-order valence-corrected chi connectivity index (χ1v) is 12.3. The molecule has 2 aromatic carbocycles. The van der Waals surface area contributed by atoms with Crippen LogP contribution in [0.5, 0.6) is 5.75 Å². The molecule has 9 heteroatoms. The lowest BCUT2D eigenvalue weighted by Gasteiger charge is -2.50. The predicted molar refractivity (Wildman–Crippen MR) is 137 cm³/mol. The molecule has 0 unspecified atom stereocenters. The second-order valence-corrected chi connectivity index (χ2v) is 9.72. The zero-order valence-electron chi connectivity index (χ0n) is 20.9. The molecule has 1 fully saturated rings. The monoisotopic (exact) mass is 493 g/mol. The summed E-state index contributed by atoms with van der Waals surface area (Å²) in [4.78, 5) is 33.0. The molecule has 0 aliphatic carbocycles. The molecule has 3 heterocycles. The van der Waals surface area contributed by atoms with E-state index < -0.39 is 5.82 Å². The number of anilines is 1. The standard InChI is InChI=1S/C27H32FN5O3/c1-17(34)33-16-27(10-12-32(13-11-27)26(35)31-21-7-5-4-6-20(21)28)24-19-9-8-18(36-3)14-22(19)30-25(24)23(33)15-29-2/h4-9,14,23,29-30H,10-13,15-16H2,1-3H3,(H,31,35)/t23-/m0/s1. The minimum Gasteiger partial charge on any atom is -0.497 e. The number of para-hydroxylation sites is 1. The van der Waals surface area contributed by atoms with Gasteiger partial charge in [-0.2, -0.15) is 0 Å². The van der Waals surface area contributed by atoms with E-state index in [1.807, 2.05) is 24.1 Å². The second-order valence-electron chi connectivity index (χ2n) is 9.72. The number of halogens is 1. The van der Waals surface area contributed by atoms with E-state index in [1.165, 1.54) is 11.6 Å². The number of hydrogen-bond donors (Lipinski definition) is 3. The summed E-state index contributed by atoms with van der Waals surface area (Å²) in [5.74, 6) is 0.331. The van der Waals surface area contributed by atoms with Crippen LogP contribution in [0.15, 0.2) is 42.5 Å². The van der Waals surface area contributed by atoms with Gasteiger partial charge in [0.25, 0.3) is 0 Å². The van der Waals surface area contributed by atoms with Gasteiger partial charge in [0.05, 0.1) is 18.8 Å². The zero-order chi connectivity index (χ0) is 25.4. The van der Waals surface area contributed by atoms with Gasteiger partial charge < -0.3 is 30.2 Å². The van der Waals surface area contributed by atoms with Crippen molar-refractivity contribution in [2.45, 2.75) is 31.2 Å². The van der Waals surface area contributed by atoms with Crippen molar-refractivity contribution in [1.29, 1.82) is 0 Å². The highest BCUT2D eigenvalue weighted by Gasteiger charge is 2.48. The van der Waals surface area contributed by atoms with Crippen molar-refractivity contribution in [3.8, 4) is 5.75 Å². The summed E-state index contributed by atoms with van der Waals surface area (Å²) in [5, 5.41) is 7.06. The third-order valence-corrected chi connectivity index (χ3v) is 7.67. The number of nitrogens with zero attached hydrogens (tertiary/aromatic N) is 2. The van der Waals surface area contributed by atoms with Gasteiger partial charge in [0.2, 0.25) is 5.91 Å². The van der Waals surface area contributed by atoms with Gasteiger partial charge in [0.1, 0.15) is 11.6 Å². The summed E-state index contributed by atoms with van der Waals surface area (Å²) < 4.78 is 19.5. The molecule has 1 atom stereocenters. The van der Waals surface area contributed by atoms with E-state index in [0.29, 0.717) is 39.0 Å². The van der Waals surface area contributed by atoms with E-state index >= 15 is 0 Å². The summed E-state index contributed by atoms with van der Waals surface area (Å²) >= 11 is 0. The smallest absolute Gasteiger partial charge is 0.321 e. The van der Waals surface area contributed by atoms with Crippen molar-refractivity contribution in [3.63, 3.8) is 0 Å². The number of hydrogen-bond acceptors (Lipinski definition) is 4. The molecule has 190 valence electrons. The lowest BCUT2D eigenvalue weighted by molar-refractivity contribution is -0.133. The van der Waals surface area contributed by atoms with Gasteiger partial charge in [-0.15, -0.1) is 0 Å². The van der Waals surface area contributed by atoms with Crippen LogP contribution < -0.4 is 15.4 Å². The molecular weight excluding hydrogens is 461 g/mol. The van der Waals surface area contributed by atoms with Gasteiger partial charge in [-0.05, 0) is 49.7 Å². The molecular formula is C27H32FN5O3. The van der Waals surface area contributed by atoms with Crippen molar-refractivity contribution in [2.75, 3.05) is 45.7 Å². The number of aromatic amines is 1. The lowest BCUT2D eigenvalue weighted by Crippen LogP contribution is -2.56. The van der Waals surface area contributed by atoms with Gasteiger partial charge >= 0.3 is 6.03 Å². The Morgan fingerprint density at radius 2 is 1.94 bits per heavy atom. The highest BCUT2D eigenvalue weighted by Crippen LogP contribution is 2.49. The van der Waals surface area contributed by atoms with Crippen LogP contribution >= 0.6 is 0 Å². The Morgan fingerprint density at radius 1 is 1.19 bits per heavy atom.